The van der Waals surface area contributed by atoms with Crippen molar-refractivity contribution < 1.29 is 9.53 Å². The Morgan fingerprint density at radius 2 is 2.33 bits per heavy atom. The predicted octanol–water partition coefficient (Wildman–Crippen LogP) is 2.43. The first kappa shape index (κ1) is 9.26. The van der Waals surface area contributed by atoms with Crippen molar-refractivity contribution in [3.05, 3.63) is 33.8 Å². The van der Waals surface area contributed by atoms with E-state index >= 15 is 0 Å². The van der Waals surface area contributed by atoms with Crippen molar-refractivity contribution in [2.75, 3.05) is 0 Å². The molecule has 0 heterocycles. The summed E-state index contributed by atoms with van der Waals surface area (Å²) in [6, 6.07) is 5.88. The molecule has 2 nitrogen and oxygen atoms in total. The van der Waals surface area contributed by atoms with Gasteiger partial charge in [0.05, 0.1) is 0 Å². The number of ether oxygens (including phenoxy) is 1. The molecule has 3 heteroatoms. The Labute approximate surface area is 79.7 Å². The second-order valence-corrected chi connectivity index (χ2v) is 3.39. The highest BCUT2D eigenvalue weighted by molar-refractivity contribution is 9.10. The van der Waals surface area contributed by atoms with Gasteiger partial charge < -0.3 is 4.74 Å². The molecule has 0 unspecified atom stereocenters. The smallest absolute Gasteiger partial charge is 0.293 e. The van der Waals surface area contributed by atoms with Crippen molar-refractivity contribution in [3.63, 3.8) is 0 Å². The second kappa shape index (κ2) is 4.26. The lowest BCUT2D eigenvalue weighted by molar-refractivity contribution is -0.129. The van der Waals surface area contributed by atoms with Crippen molar-refractivity contribution in [3.8, 4) is 0 Å². The fraction of sp³-hybridized carbons (Fsp3) is 0.222. The Kier molecular flexibility index (Phi) is 3.29. The highest BCUT2D eigenvalue weighted by atomic mass is 79.9. The zero-order chi connectivity index (χ0) is 8.97. The molecule has 0 N–H and O–H groups in total. The number of benzene rings is 1. The van der Waals surface area contributed by atoms with Crippen LogP contribution in [0.2, 0.25) is 0 Å². The molecule has 0 aliphatic heterocycles. The lowest BCUT2D eigenvalue weighted by atomic mass is 10.1. The summed E-state index contributed by atoms with van der Waals surface area (Å²) < 4.78 is 5.65. The molecule has 0 spiro atoms. The van der Waals surface area contributed by atoms with Gasteiger partial charge in [0.2, 0.25) is 0 Å². The van der Waals surface area contributed by atoms with Crippen molar-refractivity contribution >= 4 is 22.4 Å². The molecular weight excluding hydrogens is 220 g/mol. The Morgan fingerprint density at radius 3 is 3.00 bits per heavy atom. The van der Waals surface area contributed by atoms with E-state index in [4.69, 9.17) is 0 Å². The van der Waals surface area contributed by atoms with E-state index in [1.165, 1.54) is 0 Å². The molecule has 1 aromatic rings. The Bertz CT molecular complexity index is 284. The number of carbonyl (C=O) groups excluding carboxylic acids is 1. The number of aryl methyl sites for hydroxylation is 1. The number of hydrogen-bond donors (Lipinski definition) is 0. The molecule has 0 aromatic heterocycles. The van der Waals surface area contributed by atoms with Gasteiger partial charge in [-0.1, -0.05) is 22.0 Å². The van der Waals surface area contributed by atoms with Crippen molar-refractivity contribution in [1.82, 2.24) is 0 Å². The summed E-state index contributed by atoms with van der Waals surface area (Å²) in [6.45, 7) is 2.78. The molecule has 0 aliphatic carbocycles. The summed E-state index contributed by atoms with van der Waals surface area (Å²) in [7, 11) is 0. The molecule has 0 saturated carbocycles. The minimum absolute atomic E-state index is 0.342. The highest BCUT2D eigenvalue weighted by Crippen LogP contribution is 2.16. The minimum atomic E-state index is 0.342. The van der Waals surface area contributed by atoms with Crippen LogP contribution in [0.4, 0.5) is 0 Å². The van der Waals surface area contributed by atoms with Crippen LogP contribution in [0.25, 0.3) is 0 Å². The first-order valence-corrected chi connectivity index (χ1v) is 4.33. The zero-order valence-corrected chi connectivity index (χ0v) is 8.30. The van der Waals surface area contributed by atoms with Gasteiger partial charge in [-0.25, -0.2) is 0 Å². The first-order valence-electron chi connectivity index (χ1n) is 3.54. The van der Waals surface area contributed by atoms with Gasteiger partial charge in [0.25, 0.3) is 6.47 Å². The van der Waals surface area contributed by atoms with Crippen LogP contribution in [0.5, 0.6) is 0 Å². The van der Waals surface area contributed by atoms with E-state index in [9.17, 15) is 4.79 Å². The average molecular weight is 229 g/mol. The lowest BCUT2D eigenvalue weighted by Crippen LogP contribution is -1.93. The lowest BCUT2D eigenvalue weighted by Gasteiger charge is -2.03. The molecule has 0 aliphatic rings. The molecule has 0 radical (unpaired) electrons. The first-order chi connectivity index (χ1) is 5.74. The van der Waals surface area contributed by atoms with E-state index in [0.717, 1.165) is 15.6 Å². The van der Waals surface area contributed by atoms with Crippen LogP contribution in [0.3, 0.4) is 0 Å². The molecule has 0 atom stereocenters. The summed E-state index contributed by atoms with van der Waals surface area (Å²) >= 11 is 3.34. The number of halogens is 1. The van der Waals surface area contributed by atoms with Crippen LogP contribution in [-0.2, 0) is 16.1 Å². The third-order valence-corrected chi connectivity index (χ3v) is 2.11. The predicted molar refractivity (Wildman–Crippen MR) is 49.7 cm³/mol. The van der Waals surface area contributed by atoms with E-state index in [1.807, 2.05) is 25.1 Å². The van der Waals surface area contributed by atoms with Crippen LogP contribution in [0.1, 0.15) is 11.1 Å². The molecular formula is C9H9BrO2. The maximum atomic E-state index is 9.94. The van der Waals surface area contributed by atoms with Gasteiger partial charge in [-0.3, -0.25) is 4.79 Å². The van der Waals surface area contributed by atoms with E-state index in [2.05, 4.69) is 20.7 Å². The van der Waals surface area contributed by atoms with Gasteiger partial charge >= 0.3 is 0 Å². The third kappa shape index (κ3) is 2.34. The Hall–Kier alpha value is -0.830. The summed E-state index contributed by atoms with van der Waals surface area (Å²) in [6.07, 6.45) is 0. The molecule has 0 bridgehead atoms. The second-order valence-electron chi connectivity index (χ2n) is 2.48. The third-order valence-electron chi connectivity index (χ3n) is 1.62. The maximum Gasteiger partial charge on any atom is 0.293 e. The van der Waals surface area contributed by atoms with Gasteiger partial charge in [0, 0.05) is 4.47 Å². The molecule has 12 heavy (non-hydrogen) atoms. The number of carbonyl (C=O) groups is 1. The summed E-state index contributed by atoms with van der Waals surface area (Å²) in [5.74, 6) is 0. The minimum Gasteiger partial charge on any atom is -0.463 e. The summed E-state index contributed by atoms with van der Waals surface area (Å²) in [5, 5.41) is 0. The number of rotatable bonds is 3. The van der Waals surface area contributed by atoms with E-state index in [-0.39, 0.29) is 0 Å². The Balaban J connectivity index is 2.82. The van der Waals surface area contributed by atoms with Crippen LogP contribution < -0.4 is 0 Å². The number of hydrogen-bond acceptors (Lipinski definition) is 2. The largest absolute Gasteiger partial charge is 0.463 e. The standard InChI is InChI=1S/C9H9BrO2/c1-7-2-3-9(10)4-8(7)5-12-6-11/h2-4,6H,5H2,1H3. The van der Waals surface area contributed by atoms with E-state index < -0.39 is 0 Å². The van der Waals surface area contributed by atoms with E-state index in [0.29, 0.717) is 13.1 Å². The maximum absolute atomic E-state index is 9.94. The van der Waals surface area contributed by atoms with Crippen LogP contribution >= 0.6 is 15.9 Å². The SMILES string of the molecule is Cc1ccc(Br)cc1COC=O. The van der Waals surface area contributed by atoms with Crippen molar-refractivity contribution in [2.24, 2.45) is 0 Å². The monoisotopic (exact) mass is 228 g/mol. The van der Waals surface area contributed by atoms with Crippen LogP contribution in [0.15, 0.2) is 22.7 Å². The zero-order valence-electron chi connectivity index (χ0n) is 6.71. The molecule has 1 aromatic carbocycles. The van der Waals surface area contributed by atoms with Gasteiger partial charge in [-0.05, 0) is 30.2 Å². The molecule has 0 fully saturated rings. The van der Waals surface area contributed by atoms with Crippen molar-refractivity contribution in [1.29, 1.82) is 0 Å². The van der Waals surface area contributed by atoms with Gasteiger partial charge in [0.15, 0.2) is 0 Å². The average Bonchev–Trinajstić information content (AvgIpc) is 2.07. The Morgan fingerprint density at radius 1 is 1.58 bits per heavy atom. The fourth-order valence-electron chi connectivity index (χ4n) is 0.919. The highest BCUT2D eigenvalue weighted by Gasteiger charge is 1.98. The normalized spacial score (nSPS) is 9.50. The molecule has 0 amide bonds. The van der Waals surface area contributed by atoms with E-state index in [1.54, 1.807) is 0 Å². The molecule has 0 saturated heterocycles. The molecule has 1 rings (SSSR count). The van der Waals surface area contributed by atoms with Gasteiger partial charge in [0.1, 0.15) is 6.61 Å². The van der Waals surface area contributed by atoms with Crippen LogP contribution in [-0.4, -0.2) is 6.47 Å². The topological polar surface area (TPSA) is 26.3 Å². The summed E-state index contributed by atoms with van der Waals surface area (Å²) in [4.78, 5) is 9.94. The van der Waals surface area contributed by atoms with Crippen molar-refractivity contribution in [2.45, 2.75) is 13.5 Å². The molecule has 64 valence electrons. The quantitative estimate of drug-likeness (QED) is 0.744. The van der Waals surface area contributed by atoms with Gasteiger partial charge in [-0.15, -0.1) is 0 Å². The van der Waals surface area contributed by atoms with Crippen LogP contribution in [0, 0.1) is 6.92 Å². The fourth-order valence-corrected chi connectivity index (χ4v) is 1.33. The summed E-state index contributed by atoms with van der Waals surface area (Å²) in [5.41, 5.74) is 2.15. The van der Waals surface area contributed by atoms with Gasteiger partial charge in [-0.2, -0.15) is 0 Å².